The SMILES string of the molecule is CCCCCCCCCCCCCCCC(=O)NCCC(=O)N(C)CC(=O)C[C@@H](CCCCNC(=O)CCCC(=O)N[C@H](C(=O)C[C@@H](CCCNC(N)=O)C(=O)Nc1ccc(COC(=O)N(C)CCN(C)C(=O)C(C)C)cc1)C(C)C)C(=O)N(C)CC(=O)C[C@@H](C)C(=O)NCCCC(C)C. The van der Waals surface area contributed by atoms with Crippen LogP contribution in [0, 0.1) is 35.5 Å². The average molecular weight is 1410 g/mol. The molecule has 0 unspecified atom stereocenters. The van der Waals surface area contributed by atoms with E-state index in [2.05, 4.69) is 52.7 Å². The van der Waals surface area contributed by atoms with Gasteiger partial charge < -0.3 is 62.0 Å². The van der Waals surface area contributed by atoms with Crippen molar-refractivity contribution in [2.24, 2.45) is 41.2 Å². The number of ether oxygens (including phenoxy) is 1. The first-order valence-electron chi connectivity index (χ1n) is 37.2. The number of hydrogen-bond donors (Lipinski definition) is 7. The number of likely N-dealkylation sites (N-methyl/N-ethyl adjacent to an activating group) is 4. The normalized spacial score (nSPS) is 12.3. The molecule has 0 spiro atoms. The first-order chi connectivity index (χ1) is 47.4. The van der Waals surface area contributed by atoms with Crippen LogP contribution in [0.3, 0.4) is 0 Å². The Kier molecular flexibility index (Phi) is 48.3. The lowest BCUT2D eigenvalue weighted by Crippen LogP contribution is -2.45. The number of nitrogens with zero attached hydrogens (tertiary/aromatic N) is 4. The Hall–Kier alpha value is -7.47. The minimum atomic E-state index is -0.959. The molecular weight excluding hydrogens is 1280 g/mol. The molecule has 0 bridgehead atoms. The molecule has 0 aliphatic rings. The molecule has 0 saturated carbocycles. The Morgan fingerprint density at radius 2 is 0.990 bits per heavy atom. The van der Waals surface area contributed by atoms with Crippen LogP contribution in [-0.2, 0) is 64.1 Å². The number of primary amides is 1. The molecule has 0 aliphatic carbocycles. The summed E-state index contributed by atoms with van der Waals surface area (Å²) in [4.78, 5) is 175. The van der Waals surface area contributed by atoms with Crippen LogP contribution in [-0.4, -0.2) is 183 Å². The van der Waals surface area contributed by atoms with Crippen molar-refractivity contribution in [1.82, 2.24) is 46.2 Å². The summed E-state index contributed by atoms with van der Waals surface area (Å²) in [6.45, 7) is 16.3. The second-order valence-corrected chi connectivity index (χ2v) is 28.3. The third kappa shape index (κ3) is 43.3. The number of anilines is 1. The second-order valence-electron chi connectivity index (χ2n) is 28.3. The minimum Gasteiger partial charge on any atom is -0.445 e. The van der Waals surface area contributed by atoms with E-state index in [-0.39, 0.29) is 162 Å². The standard InChI is InChI=1S/C75H129N11O14/c1-13-14-15-16-17-18-19-20-21-22-23-24-25-34-65(90)78-45-41-68(93)85(11)51-63(88)49-60(73(97)86(12)52-62(87)48-57(8)70(94)79-43-29-31-54(2)3)32-26-27-42-77-66(91)35-28-36-67(92)82-69(55(4)5)64(89)50-59(33-30-44-80-74(76)98)71(95)81-61-39-37-58(38-40-61)53-100-75(99)84(10)47-46-83(9)72(96)56(6)7/h37-40,54-57,59-60,69H,13-36,41-53H2,1-12H3,(H,77,91)(H,78,90)(H,79,94)(H,81,95)(H,82,92)(H3,76,80,98)/t57-,59-,60-,69+/m1/s1. The Bertz CT molecular complexity index is 2650. The van der Waals surface area contributed by atoms with E-state index in [1.54, 1.807) is 77.9 Å². The molecule has 1 aromatic rings. The van der Waals surface area contributed by atoms with Crippen LogP contribution in [0.15, 0.2) is 24.3 Å². The van der Waals surface area contributed by atoms with Crippen LogP contribution in [0.5, 0.6) is 0 Å². The molecule has 11 amide bonds. The van der Waals surface area contributed by atoms with Crippen molar-refractivity contribution >= 4 is 82.4 Å². The second kappa shape index (κ2) is 53.4. The van der Waals surface area contributed by atoms with Gasteiger partial charge >= 0.3 is 12.1 Å². The van der Waals surface area contributed by atoms with Crippen molar-refractivity contribution in [1.29, 1.82) is 0 Å². The largest absolute Gasteiger partial charge is 0.445 e. The molecule has 0 fully saturated rings. The molecule has 4 atom stereocenters. The number of amides is 11. The highest BCUT2D eigenvalue weighted by Crippen LogP contribution is 2.22. The van der Waals surface area contributed by atoms with Gasteiger partial charge in [-0.15, -0.1) is 0 Å². The van der Waals surface area contributed by atoms with Gasteiger partial charge in [0.25, 0.3) is 0 Å². The van der Waals surface area contributed by atoms with Gasteiger partial charge in [-0.05, 0) is 80.9 Å². The highest BCUT2D eigenvalue weighted by Gasteiger charge is 2.31. The highest BCUT2D eigenvalue weighted by atomic mass is 16.6. The molecule has 1 aromatic carbocycles. The van der Waals surface area contributed by atoms with E-state index in [9.17, 15) is 62.3 Å². The summed E-state index contributed by atoms with van der Waals surface area (Å²) in [6.07, 6.45) is 18.4. The van der Waals surface area contributed by atoms with Crippen molar-refractivity contribution in [2.45, 2.75) is 248 Å². The summed E-state index contributed by atoms with van der Waals surface area (Å²) in [7, 11) is 6.22. The predicted octanol–water partition coefficient (Wildman–Crippen LogP) is 9.56. The Morgan fingerprint density at radius 1 is 0.470 bits per heavy atom. The number of ketones is 3. The van der Waals surface area contributed by atoms with Crippen molar-refractivity contribution in [3.63, 3.8) is 0 Å². The van der Waals surface area contributed by atoms with E-state index >= 15 is 0 Å². The Morgan fingerprint density at radius 3 is 1.58 bits per heavy atom. The lowest BCUT2D eigenvalue weighted by atomic mass is 9.89. The summed E-state index contributed by atoms with van der Waals surface area (Å²) in [5.41, 5.74) is 6.31. The van der Waals surface area contributed by atoms with Gasteiger partial charge in [0.1, 0.15) is 6.61 Å². The van der Waals surface area contributed by atoms with Crippen molar-refractivity contribution < 1.29 is 67.1 Å². The third-order valence-corrected chi connectivity index (χ3v) is 17.7. The lowest BCUT2D eigenvalue weighted by molar-refractivity contribution is -0.140. The van der Waals surface area contributed by atoms with Crippen molar-refractivity contribution in [3.05, 3.63) is 29.8 Å². The fourth-order valence-electron chi connectivity index (χ4n) is 11.4. The molecule has 0 aromatic heterocycles. The van der Waals surface area contributed by atoms with Crippen LogP contribution >= 0.6 is 0 Å². The first-order valence-corrected chi connectivity index (χ1v) is 37.2. The van der Waals surface area contributed by atoms with E-state index in [1.165, 1.54) is 93.0 Å². The summed E-state index contributed by atoms with van der Waals surface area (Å²) < 4.78 is 5.45. The number of rotatable bonds is 57. The van der Waals surface area contributed by atoms with Crippen LogP contribution in [0.2, 0.25) is 0 Å². The van der Waals surface area contributed by atoms with E-state index in [4.69, 9.17) is 10.5 Å². The van der Waals surface area contributed by atoms with E-state index in [1.807, 2.05) is 0 Å². The molecule has 100 heavy (non-hydrogen) atoms. The van der Waals surface area contributed by atoms with Gasteiger partial charge in [-0.2, -0.15) is 0 Å². The summed E-state index contributed by atoms with van der Waals surface area (Å²) in [6, 6.07) is 4.92. The fourth-order valence-corrected chi connectivity index (χ4v) is 11.4. The number of nitrogens with one attached hydrogen (secondary N) is 6. The fraction of sp³-hybridized carbons (Fsp3) is 0.747. The van der Waals surface area contributed by atoms with E-state index in [0.29, 0.717) is 55.9 Å². The number of unbranched alkanes of at least 4 members (excludes halogenated alkanes) is 13. The van der Waals surface area contributed by atoms with Gasteiger partial charge in [-0.25, -0.2) is 9.59 Å². The zero-order chi connectivity index (χ0) is 75.0. The van der Waals surface area contributed by atoms with Crippen LogP contribution in [0.25, 0.3) is 0 Å². The number of nitrogens with two attached hydrogens (primary N) is 1. The van der Waals surface area contributed by atoms with Gasteiger partial charge in [0.15, 0.2) is 17.3 Å². The van der Waals surface area contributed by atoms with Crippen LogP contribution < -0.4 is 37.6 Å². The number of carbonyl (C=O) groups excluding carboxylic acids is 13. The summed E-state index contributed by atoms with van der Waals surface area (Å²) >= 11 is 0. The molecule has 0 heterocycles. The maximum atomic E-state index is 14.0. The number of hydrogen-bond acceptors (Lipinski definition) is 14. The topological polar surface area (TPSA) is 342 Å². The van der Waals surface area contributed by atoms with Crippen LogP contribution in [0.1, 0.15) is 241 Å². The zero-order valence-corrected chi connectivity index (χ0v) is 63.1. The molecular formula is C75H129N11O14. The molecule has 0 radical (unpaired) electrons. The highest BCUT2D eigenvalue weighted by molar-refractivity contribution is 5.98. The molecule has 25 heteroatoms. The first kappa shape index (κ1) is 90.5. The van der Waals surface area contributed by atoms with E-state index < -0.39 is 53.6 Å². The summed E-state index contributed by atoms with van der Waals surface area (Å²) in [5.74, 6) is -5.91. The summed E-state index contributed by atoms with van der Waals surface area (Å²) in [5, 5.41) is 16.7. The molecule has 0 saturated heterocycles. The minimum absolute atomic E-state index is 0.00476. The maximum absolute atomic E-state index is 14.0. The molecule has 0 aliphatic heterocycles. The molecule has 1 rings (SSSR count). The Labute approximate surface area is 598 Å². The number of carbonyl (C=O) groups is 13. The predicted molar refractivity (Wildman–Crippen MR) is 390 cm³/mol. The van der Waals surface area contributed by atoms with Gasteiger partial charge in [0.2, 0.25) is 47.3 Å². The quantitative estimate of drug-likeness (QED) is 0.0299. The van der Waals surface area contributed by atoms with Crippen molar-refractivity contribution in [2.75, 3.05) is 85.9 Å². The van der Waals surface area contributed by atoms with Crippen LogP contribution in [0.4, 0.5) is 15.3 Å². The molecule has 8 N–H and O–H groups in total. The maximum Gasteiger partial charge on any atom is 0.409 e. The number of benzene rings is 1. The smallest absolute Gasteiger partial charge is 0.409 e. The zero-order valence-electron chi connectivity index (χ0n) is 63.1. The number of urea groups is 1. The van der Waals surface area contributed by atoms with Gasteiger partial charge in [0, 0.05) is 142 Å². The average Bonchev–Trinajstić information content (AvgIpc) is 0.876. The Balaban J connectivity index is 2.85. The number of Topliss-reactive ketones (excluding diaryl/α,β-unsaturated/α-hetero) is 3. The third-order valence-electron chi connectivity index (χ3n) is 17.7. The molecule has 25 nitrogen and oxygen atoms in total. The monoisotopic (exact) mass is 1410 g/mol. The van der Waals surface area contributed by atoms with Gasteiger partial charge in [-0.3, -0.25) is 52.7 Å². The van der Waals surface area contributed by atoms with Gasteiger partial charge in [-0.1, -0.05) is 151 Å². The van der Waals surface area contributed by atoms with E-state index in [0.717, 1.165) is 32.1 Å². The van der Waals surface area contributed by atoms with Crippen molar-refractivity contribution in [3.8, 4) is 0 Å². The molecule has 568 valence electrons. The lowest BCUT2D eigenvalue weighted by Gasteiger charge is -2.24. The van der Waals surface area contributed by atoms with Gasteiger partial charge in [0.05, 0.1) is 19.1 Å².